The Kier molecular flexibility index (Phi) is 7.38. The number of carbonyl (C=O) groups is 1. The Morgan fingerprint density at radius 1 is 1.16 bits per heavy atom. The number of nitrogens with zero attached hydrogens (tertiary/aromatic N) is 1. The van der Waals surface area contributed by atoms with Crippen LogP contribution < -0.4 is 16.2 Å². The lowest BCUT2D eigenvalue weighted by atomic mass is 10.2. The van der Waals surface area contributed by atoms with Gasteiger partial charge in [-0.1, -0.05) is 48.0 Å². The molecule has 1 aromatic rings. The topological polar surface area (TPSA) is 128 Å². The van der Waals surface area contributed by atoms with Gasteiger partial charge >= 0.3 is 10.2 Å². The summed E-state index contributed by atoms with van der Waals surface area (Å²) in [5, 5.41) is 0.581. The number of carbonyl (C=O) groups excluding carboxylic acids is 1. The molecule has 2 aliphatic carbocycles. The second kappa shape index (κ2) is 8.82. The van der Waals surface area contributed by atoms with Gasteiger partial charge in [0.05, 0.1) is 5.03 Å². The third kappa shape index (κ3) is 6.02. The molecule has 3 rings (SSSR count). The van der Waals surface area contributed by atoms with E-state index in [9.17, 15) is 13.2 Å². The van der Waals surface area contributed by atoms with Crippen molar-refractivity contribution >= 4 is 46.0 Å². The molecule has 0 heterocycles. The van der Waals surface area contributed by atoms with Gasteiger partial charge in [0.25, 0.3) is 0 Å². The van der Waals surface area contributed by atoms with Crippen molar-refractivity contribution in [2.75, 3.05) is 0 Å². The fourth-order valence-corrected chi connectivity index (χ4v) is 2.89. The summed E-state index contributed by atoms with van der Waals surface area (Å²) in [6, 6.07) is 9.04. The SMILES string of the molecule is Cl.NC(N)=NS(=O)(=O)NCc1ccccc1.O=C1C2=CC(Cl)=C1C=C2. The molecule has 2 bridgehead atoms. The van der Waals surface area contributed by atoms with Crippen LogP contribution in [-0.4, -0.2) is 20.2 Å². The molecule has 10 heteroatoms. The Morgan fingerprint density at radius 3 is 2.20 bits per heavy atom. The lowest BCUT2D eigenvalue weighted by molar-refractivity contribution is -0.111. The predicted molar refractivity (Wildman–Crippen MR) is 100 cm³/mol. The molecule has 0 saturated carbocycles. The Labute approximate surface area is 156 Å². The van der Waals surface area contributed by atoms with Crippen LogP contribution in [0, 0.1) is 0 Å². The normalized spacial score (nSPS) is 14.4. The number of Topliss-reactive ketones (excluding diaryl/α,β-unsaturated/α-hetero) is 1. The molecule has 0 amide bonds. The molecule has 0 atom stereocenters. The summed E-state index contributed by atoms with van der Waals surface area (Å²) in [5.74, 6) is -0.421. The number of hydrogen-bond acceptors (Lipinski definition) is 3. The van der Waals surface area contributed by atoms with Gasteiger partial charge in [0.15, 0.2) is 5.78 Å². The van der Waals surface area contributed by atoms with E-state index in [0.717, 1.165) is 11.1 Å². The first-order chi connectivity index (χ1) is 11.3. The summed E-state index contributed by atoms with van der Waals surface area (Å²) < 4.78 is 27.6. The highest BCUT2D eigenvalue weighted by atomic mass is 35.5. The first-order valence-corrected chi connectivity index (χ1v) is 8.59. The van der Waals surface area contributed by atoms with Gasteiger partial charge in [0, 0.05) is 17.7 Å². The Hall–Kier alpha value is -2.13. The quantitative estimate of drug-likeness (QED) is 0.515. The minimum Gasteiger partial charge on any atom is -0.369 e. The minimum absolute atomic E-state index is 0. The van der Waals surface area contributed by atoms with Crippen LogP contribution in [0.2, 0.25) is 0 Å². The third-order valence-electron chi connectivity index (χ3n) is 3.00. The molecule has 0 unspecified atom stereocenters. The fraction of sp³-hybridized carbons (Fsp3) is 0.0667. The largest absolute Gasteiger partial charge is 0.369 e. The van der Waals surface area contributed by atoms with Crippen molar-refractivity contribution in [2.24, 2.45) is 15.9 Å². The van der Waals surface area contributed by atoms with Gasteiger partial charge in [0.1, 0.15) is 0 Å². The van der Waals surface area contributed by atoms with Crippen LogP contribution >= 0.6 is 24.0 Å². The molecule has 0 radical (unpaired) electrons. The van der Waals surface area contributed by atoms with Crippen LogP contribution in [0.3, 0.4) is 0 Å². The molecule has 7 nitrogen and oxygen atoms in total. The van der Waals surface area contributed by atoms with Crippen molar-refractivity contribution < 1.29 is 13.2 Å². The Bertz CT molecular complexity index is 871. The van der Waals surface area contributed by atoms with E-state index in [1.165, 1.54) is 0 Å². The van der Waals surface area contributed by atoms with Gasteiger partial charge in [-0.05, 0) is 17.7 Å². The monoisotopic (exact) mass is 402 g/mol. The fourth-order valence-electron chi connectivity index (χ4n) is 1.94. The molecule has 0 saturated heterocycles. The molecule has 0 fully saturated rings. The number of halogens is 2. The standard InChI is InChI=1S/C8H12N4O2S.C7H3ClO.ClH/c9-8(10)12-15(13,14)11-6-7-4-2-1-3-5-7;8-6-3-4-1-2-5(6)7(4)9;/h1-5,11H,6H2,(H4,9,10,12);1-3H;1H. The van der Waals surface area contributed by atoms with Gasteiger partial charge in [-0.3, -0.25) is 4.79 Å². The number of ketones is 1. The molecule has 25 heavy (non-hydrogen) atoms. The van der Waals surface area contributed by atoms with Crippen molar-refractivity contribution in [1.29, 1.82) is 0 Å². The zero-order valence-corrected chi connectivity index (χ0v) is 15.2. The number of nitrogens with one attached hydrogen (secondary N) is 1. The highest BCUT2D eigenvalue weighted by Crippen LogP contribution is 2.31. The highest BCUT2D eigenvalue weighted by molar-refractivity contribution is 7.88. The summed E-state index contributed by atoms with van der Waals surface area (Å²) in [4.78, 5) is 10.9. The summed E-state index contributed by atoms with van der Waals surface area (Å²) in [6.45, 7) is 0.153. The number of benzene rings is 1. The van der Waals surface area contributed by atoms with Crippen LogP contribution in [0.25, 0.3) is 0 Å². The van der Waals surface area contributed by atoms with Gasteiger partial charge < -0.3 is 11.5 Å². The van der Waals surface area contributed by atoms with Crippen molar-refractivity contribution in [2.45, 2.75) is 6.54 Å². The average molecular weight is 403 g/mol. The van der Waals surface area contributed by atoms with E-state index in [0.29, 0.717) is 10.6 Å². The van der Waals surface area contributed by atoms with Crippen LogP contribution in [0.4, 0.5) is 0 Å². The van der Waals surface area contributed by atoms with Crippen LogP contribution in [-0.2, 0) is 21.5 Å². The van der Waals surface area contributed by atoms with Crippen LogP contribution in [0.15, 0.2) is 69.1 Å². The molecule has 5 N–H and O–H groups in total. The van der Waals surface area contributed by atoms with E-state index in [1.54, 1.807) is 30.4 Å². The number of hydrogen-bond donors (Lipinski definition) is 3. The van der Waals surface area contributed by atoms with Gasteiger partial charge in [-0.25, -0.2) is 0 Å². The summed E-state index contributed by atoms with van der Waals surface area (Å²) in [7, 11) is -3.79. The maximum Gasteiger partial charge on any atom is 0.323 e. The van der Waals surface area contributed by atoms with E-state index in [1.807, 2.05) is 18.2 Å². The van der Waals surface area contributed by atoms with Gasteiger partial charge in [-0.2, -0.15) is 13.1 Å². The Balaban J connectivity index is 0.000000266. The molecule has 0 aliphatic heterocycles. The van der Waals surface area contributed by atoms with Crippen molar-refractivity contribution in [1.82, 2.24) is 4.72 Å². The molecular formula is C15H16Cl2N4O3S. The number of guanidine groups is 1. The number of nitrogens with two attached hydrogens (primary N) is 2. The van der Waals surface area contributed by atoms with Crippen molar-refractivity contribution in [3.05, 3.63) is 70.3 Å². The first-order valence-electron chi connectivity index (χ1n) is 6.77. The molecule has 0 aromatic heterocycles. The summed E-state index contributed by atoms with van der Waals surface area (Å²) in [6.07, 6.45) is 5.22. The third-order valence-corrected chi connectivity index (χ3v) is 4.28. The summed E-state index contributed by atoms with van der Waals surface area (Å²) in [5.41, 5.74) is 12.1. The maximum absolute atomic E-state index is 11.2. The van der Waals surface area contributed by atoms with E-state index in [4.69, 9.17) is 23.1 Å². The van der Waals surface area contributed by atoms with Gasteiger partial charge in [-0.15, -0.1) is 16.8 Å². The number of allylic oxidation sites excluding steroid dienone is 6. The van der Waals surface area contributed by atoms with Gasteiger partial charge in [0.2, 0.25) is 5.96 Å². The summed E-state index contributed by atoms with van der Waals surface area (Å²) >= 11 is 5.63. The predicted octanol–water partition coefficient (Wildman–Crippen LogP) is 1.27. The zero-order chi connectivity index (χ0) is 17.7. The molecule has 2 aliphatic rings. The zero-order valence-electron chi connectivity index (χ0n) is 12.8. The second-order valence-electron chi connectivity index (χ2n) is 4.82. The lowest BCUT2D eigenvalue weighted by Crippen LogP contribution is -2.29. The molecule has 0 spiro atoms. The highest BCUT2D eigenvalue weighted by Gasteiger charge is 2.25. The van der Waals surface area contributed by atoms with E-state index in [2.05, 4.69) is 9.12 Å². The van der Waals surface area contributed by atoms with Crippen molar-refractivity contribution in [3.8, 4) is 0 Å². The van der Waals surface area contributed by atoms with E-state index in [-0.39, 0.29) is 24.7 Å². The maximum atomic E-state index is 11.2. The molecule has 134 valence electrons. The Morgan fingerprint density at radius 2 is 1.80 bits per heavy atom. The molecular weight excluding hydrogens is 387 g/mol. The van der Waals surface area contributed by atoms with Crippen LogP contribution in [0.5, 0.6) is 0 Å². The van der Waals surface area contributed by atoms with E-state index >= 15 is 0 Å². The number of rotatable bonds is 4. The molecule has 1 aromatic carbocycles. The second-order valence-corrected chi connectivity index (χ2v) is 6.65. The van der Waals surface area contributed by atoms with E-state index < -0.39 is 16.2 Å². The van der Waals surface area contributed by atoms with Crippen molar-refractivity contribution in [3.63, 3.8) is 0 Å². The average Bonchev–Trinajstić information content (AvgIpc) is 3.00. The first kappa shape index (κ1) is 20.9. The smallest absolute Gasteiger partial charge is 0.323 e. The lowest BCUT2D eigenvalue weighted by Gasteiger charge is -2.02. The number of fused-ring (bicyclic) bond motifs is 2. The van der Waals surface area contributed by atoms with Crippen LogP contribution in [0.1, 0.15) is 5.56 Å². The minimum atomic E-state index is -3.79.